The zero-order valence-corrected chi connectivity index (χ0v) is 17.7. The number of hydrogen-bond donors (Lipinski definition) is 0. The monoisotopic (exact) mass is 425 g/mol. The summed E-state index contributed by atoms with van der Waals surface area (Å²) in [5.74, 6) is 0.898. The zero-order chi connectivity index (χ0) is 20.5. The molecule has 0 spiro atoms. The number of benzene rings is 2. The Hall–Kier alpha value is -2.57. The Bertz CT molecular complexity index is 1090. The molecule has 0 unspecified atom stereocenters. The molecular formula is C22H20ClN3O2S. The molecule has 0 N–H and O–H groups in total. The minimum Gasteiger partial charge on any atom is -0.347 e. The average Bonchev–Trinajstić information content (AvgIpc) is 3.22. The van der Waals surface area contributed by atoms with Gasteiger partial charge in [-0.15, -0.1) is 11.8 Å². The van der Waals surface area contributed by atoms with Crippen molar-refractivity contribution < 1.29 is 9.59 Å². The number of halogens is 1. The summed E-state index contributed by atoms with van der Waals surface area (Å²) in [7, 11) is 3.43. The molecule has 1 aliphatic heterocycles. The molecule has 1 aliphatic rings. The molecule has 7 heteroatoms. The van der Waals surface area contributed by atoms with Gasteiger partial charge in [-0.3, -0.25) is 9.59 Å². The molecule has 3 aromatic rings. The van der Waals surface area contributed by atoms with Gasteiger partial charge in [0.1, 0.15) is 6.04 Å². The van der Waals surface area contributed by atoms with Crippen LogP contribution in [0.2, 0.25) is 5.02 Å². The predicted octanol–water partition coefficient (Wildman–Crippen LogP) is 4.16. The fraction of sp³-hybridized carbons (Fsp3) is 0.227. The Morgan fingerprint density at radius 2 is 1.86 bits per heavy atom. The molecule has 2 amide bonds. The van der Waals surface area contributed by atoms with E-state index < -0.39 is 6.04 Å². The first-order chi connectivity index (χ1) is 14.0. The summed E-state index contributed by atoms with van der Waals surface area (Å²) in [6.07, 6.45) is 0. The number of pyridine rings is 1. The first-order valence-electron chi connectivity index (χ1n) is 9.21. The van der Waals surface area contributed by atoms with E-state index in [1.54, 1.807) is 47.8 Å². The molecule has 1 aromatic heterocycles. The van der Waals surface area contributed by atoms with E-state index >= 15 is 0 Å². The van der Waals surface area contributed by atoms with Crippen LogP contribution in [-0.4, -0.2) is 58.4 Å². The molecule has 2 aromatic carbocycles. The maximum atomic E-state index is 13.5. The van der Waals surface area contributed by atoms with E-state index in [-0.39, 0.29) is 11.8 Å². The summed E-state index contributed by atoms with van der Waals surface area (Å²) >= 11 is 7.61. The van der Waals surface area contributed by atoms with Gasteiger partial charge in [-0.1, -0.05) is 41.9 Å². The van der Waals surface area contributed by atoms with Crippen molar-refractivity contribution in [3.05, 3.63) is 65.2 Å². The quantitative estimate of drug-likeness (QED) is 0.632. The van der Waals surface area contributed by atoms with Gasteiger partial charge in [0.05, 0.1) is 22.7 Å². The van der Waals surface area contributed by atoms with Crippen LogP contribution in [0.5, 0.6) is 0 Å². The number of carbonyl (C=O) groups is 2. The van der Waals surface area contributed by atoms with E-state index in [1.807, 2.05) is 42.5 Å². The number of aromatic nitrogens is 1. The van der Waals surface area contributed by atoms with Crippen LogP contribution in [0.15, 0.2) is 54.6 Å². The number of fused-ring (bicyclic) bond motifs is 1. The van der Waals surface area contributed by atoms with E-state index in [1.165, 1.54) is 0 Å². The largest absolute Gasteiger partial charge is 0.347 e. The highest BCUT2D eigenvalue weighted by atomic mass is 35.5. The minimum absolute atomic E-state index is 0.0559. The third-order valence-electron chi connectivity index (χ3n) is 4.96. The standard InChI is InChI=1S/C22H20ClN3O2S/c1-25(2)22(28)20-12-29-13-26(20)21(27)17-11-19(14-7-9-15(23)10-8-14)24-18-6-4-3-5-16(17)18/h3-11,20H,12-13H2,1-2H3/t20-/m0/s1. The molecule has 4 rings (SSSR count). The molecule has 0 radical (unpaired) electrons. The van der Waals surface area contributed by atoms with Crippen molar-refractivity contribution in [2.24, 2.45) is 0 Å². The number of thioether (sulfide) groups is 1. The molecule has 1 atom stereocenters. The number of carbonyl (C=O) groups excluding carboxylic acids is 2. The van der Waals surface area contributed by atoms with Gasteiger partial charge in [0, 0.05) is 35.8 Å². The molecule has 1 fully saturated rings. The predicted molar refractivity (Wildman–Crippen MR) is 118 cm³/mol. The third kappa shape index (κ3) is 3.82. The Labute approximate surface area is 178 Å². The first kappa shape index (κ1) is 19.7. The summed E-state index contributed by atoms with van der Waals surface area (Å²) < 4.78 is 0. The van der Waals surface area contributed by atoms with Crippen LogP contribution < -0.4 is 0 Å². The summed E-state index contributed by atoms with van der Waals surface area (Å²) in [6, 6.07) is 16.3. The average molecular weight is 426 g/mol. The Balaban J connectivity index is 1.80. The van der Waals surface area contributed by atoms with Crippen LogP contribution in [-0.2, 0) is 4.79 Å². The van der Waals surface area contributed by atoms with E-state index in [2.05, 4.69) is 0 Å². The van der Waals surface area contributed by atoms with Crippen LogP contribution in [0.1, 0.15) is 10.4 Å². The Kier molecular flexibility index (Phi) is 5.48. The van der Waals surface area contributed by atoms with Gasteiger partial charge >= 0.3 is 0 Å². The van der Waals surface area contributed by atoms with Crippen molar-refractivity contribution >= 4 is 46.1 Å². The summed E-state index contributed by atoms with van der Waals surface area (Å²) in [6.45, 7) is 0. The second-order valence-electron chi connectivity index (χ2n) is 7.10. The Morgan fingerprint density at radius 1 is 1.14 bits per heavy atom. The number of amides is 2. The Morgan fingerprint density at radius 3 is 2.59 bits per heavy atom. The molecule has 0 bridgehead atoms. The lowest BCUT2D eigenvalue weighted by Crippen LogP contribution is -2.46. The van der Waals surface area contributed by atoms with Crippen molar-refractivity contribution in [2.75, 3.05) is 25.7 Å². The van der Waals surface area contributed by atoms with Gasteiger partial charge < -0.3 is 9.80 Å². The molecule has 1 saturated heterocycles. The number of nitrogens with zero attached hydrogens (tertiary/aromatic N) is 3. The highest BCUT2D eigenvalue weighted by Gasteiger charge is 2.36. The normalized spacial score (nSPS) is 16.2. The number of rotatable bonds is 3. The van der Waals surface area contributed by atoms with Crippen LogP contribution in [0.3, 0.4) is 0 Å². The van der Waals surface area contributed by atoms with Crippen molar-refractivity contribution in [1.82, 2.24) is 14.8 Å². The molecule has 29 heavy (non-hydrogen) atoms. The van der Waals surface area contributed by atoms with Crippen LogP contribution in [0.25, 0.3) is 22.2 Å². The fourth-order valence-electron chi connectivity index (χ4n) is 3.42. The number of hydrogen-bond acceptors (Lipinski definition) is 4. The lowest BCUT2D eigenvalue weighted by molar-refractivity contribution is -0.132. The summed E-state index contributed by atoms with van der Waals surface area (Å²) in [5, 5.41) is 1.42. The number of para-hydroxylation sites is 1. The van der Waals surface area contributed by atoms with Gasteiger partial charge in [0.15, 0.2) is 0 Å². The molecule has 5 nitrogen and oxygen atoms in total. The van der Waals surface area contributed by atoms with E-state index in [0.29, 0.717) is 27.9 Å². The minimum atomic E-state index is -0.451. The molecule has 2 heterocycles. The molecule has 0 saturated carbocycles. The van der Waals surface area contributed by atoms with Crippen molar-refractivity contribution in [3.63, 3.8) is 0 Å². The summed E-state index contributed by atoms with van der Waals surface area (Å²) in [4.78, 5) is 34.0. The van der Waals surface area contributed by atoms with Gasteiger partial charge in [-0.25, -0.2) is 4.98 Å². The third-order valence-corrected chi connectivity index (χ3v) is 6.22. The van der Waals surface area contributed by atoms with Crippen molar-refractivity contribution in [3.8, 4) is 11.3 Å². The smallest absolute Gasteiger partial charge is 0.256 e. The van der Waals surface area contributed by atoms with Gasteiger partial charge in [0.2, 0.25) is 5.91 Å². The van der Waals surface area contributed by atoms with E-state index in [0.717, 1.165) is 16.5 Å². The fourth-order valence-corrected chi connectivity index (χ4v) is 4.69. The van der Waals surface area contributed by atoms with Gasteiger partial charge in [0.25, 0.3) is 5.91 Å². The lowest BCUT2D eigenvalue weighted by Gasteiger charge is -2.26. The maximum Gasteiger partial charge on any atom is 0.256 e. The lowest BCUT2D eigenvalue weighted by atomic mass is 10.0. The SMILES string of the molecule is CN(C)C(=O)[C@@H]1CSCN1C(=O)c1cc(-c2ccc(Cl)cc2)nc2ccccc12. The van der Waals surface area contributed by atoms with Crippen LogP contribution >= 0.6 is 23.4 Å². The van der Waals surface area contributed by atoms with E-state index in [9.17, 15) is 9.59 Å². The highest BCUT2D eigenvalue weighted by Crippen LogP contribution is 2.30. The van der Waals surface area contributed by atoms with Crippen LogP contribution in [0.4, 0.5) is 0 Å². The zero-order valence-electron chi connectivity index (χ0n) is 16.1. The number of likely N-dealkylation sites (N-methyl/N-ethyl adjacent to an activating group) is 1. The van der Waals surface area contributed by atoms with E-state index in [4.69, 9.17) is 16.6 Å². The molecular weight excluding hydrogens is 406 g/mol. The second kappa shape index (κ2) is 8.05. The van der Waals surface area contributed by atoms with Crippen molar-refractivity contribution in [1.29, 1.82) is 0 Å². The molecule has 0 aliphatic carbocycles. The maximum absolute atomic E-state index is 13.5. The summed E-state index contributed by atoms with van der Waals surface area (Å²) in [5.41, 5.74) is 2.88. The van der Waals surface area contributed by atoms with Crippen LogP contribution in [0, 0.1) is 0 Å². The van der Waals surface area contributed by atoms with Gasteiger partial charge in [-0.2, -0.15) is 0 Å². The molecule has 148 valence electrons. The van der Waals surface area contributed by atoms with Crippen molar-refractivity contribution in [2.45, 2.75) is 6.04 Å². The first-order valence-corrected chi connectivity index (χ1v) is 10.7. The topological polar surface area (TPSA) is 53.5 Å². The van der Waals surface area contributed by atoms with Gasteiger partial charge in [-0.05, 0) is 24.3 Å². The highest BCUT2D eigenvalue weighted by molar-refractivity contribution is 7.99. The second-order valence-corrected chi connectivity index (χ2v) is 8.54.